The lowest BCUT2D eigenvalue weighted by molar-refractivity contribution is -0.384. The van der Waals surface area contributed by atoms with Crippen LogP contribution in [0.1, 0.15) is 43.5 Å². The summed E-state index contributed by atoms with van der Waals surface area (Å²) in [6, 6.07) is 4.23. The van der Waals surface area contributed by atoms with Gasteiger partial charge in [0, 0.05) is 24.7 Å². The van der Waals surface area contributed by atoms with Crippen LogP contribution >= 0.6 is 11.6 Å². The Labute approximate surface area is 129 Å². The molecule has 1 heterocycles. The molecule has 114 valence electrons. The molecule has 1 amide bonds. The highest BCUT2D eigenvalue weighted by Crippen LogP contribution is 2.37. The fourth-order valence-corrected chi connectivity index (χ4v) is 3.09. The maximum atomic E-state index is 12.5. The van der Waals surface area contributed by atoms with Crippen LogP contribution in [0.3, 0.4) is 0 Å². The summed E-state index contributed by atoms with van der Waals surface area (Å²) in [7, 11) is 0. The van der Waals surface area contributed by atoms with Gasteiger partial charge in [-0.05, 0) is 36.8 Å². The normalized spacial score (nSPS) is 17.0. The Morgan fingerprint density at radius 1 is 1.43 bits per heavy atom. The van der Waals surface area contributed by atoms with Gasteiger partial charge in [-0.2, -0.15) is 0 Å². The second kappa shape index (κ2) is 6.02. The SMILES string of the molecule is CCC1(CC)CCN(C(=O)c2ccc(Cl)c([N+](=O)[O-])c2)C1. The van der Waals surface area contributed by atoms with Crippen molar-refractivity contribution in [3.63, 3.8) is 0 Å². The lowest BCUT2D eigenvalue weighted by Crippen LogP contribution is -2.31. The maximum Gasteiger partial charge on any atom is 0.288 e. The van der Waals surface area contributed by atoms with Crippen LogP contribution in [0.25, 0.3) is 0 Å². The standard InChI is InChI=1S/C15H19ClN2O3/c1-3-15(4-2)7-8-17(10-15)14(19)11-5-6-12(16)13(9-11)18(20)21/h5-6,9H,3-4,7-8,10H2,1-2H3. The van der Waals surface area contributed by atoms with Crippen LogP contribution in [-0.2, 0) is 0 Å². The van der Waals surface area contributed by atoms with Crippen molar-refractivity contribution < 1.29 is 9.72 Å². The van der Waals surface area contributed by atoms with E-state index in [4.69, 9.17) is 11.6 Å². The minimum atomic E-state index is -0.564. The number of hydrogen-bond acceptors (Lipinski definition) is 3. The number of carbonyl (C=O) groups is 1. The van der Waals surface area contributed by atoms with Gasteiger partial charge in [0.2, 0.25) is 0 Å². The molecule has 6 heteroatoms. The number of nitro benzene ring substituents is 1. The van der Waals surface area contributed by atoms with E-state index in [0.717, 1.165) is 25.8 Å². The Kier molecular flexibility index (Phi) is 4.52. The second-order valence-electron chi connectivity index (χ2n) is 5.61. The predicted molar refractivity (Wildman–Crippen MR) is 81.6 cm³/mol. The Bertz CT molecular complexity index is 570. The van der Waals surface area contributed by atoms with Crippen LogP contribution in [0.15, 0.2) is 18.2 Å². The molecule has 1 aromatic carbocycles. The molecule has 0 aromatic heterocycles. The zero-order chi connectivity index (χ0) is 15.6. The molecule has 21 heavy (non-hydrogen) atoms. The molecule has 2 rings (SSSR count). The van der Waals surface area contributed by atoms with Crippen molar-refractivity contribution in [2.24, 2.45) is 5.41 Å². The van der Waals surface area contributed by atoms with Gasteiger partial charge in [-0.15, -0.1) is 0 Å². The molecule has 0 unspecified atom stereocenters. The van der Waals surface area contributed by atoms with Crippen LogP contribution in [0.2, 0.25) is 5.02 Å². The third-order valence-electron chi connectivity index (χ3n) is 4.62. The highest BCUT2D eigenvalue weighted by molar-refractivity contribution is 6.32. The van der Waals surface area contributed by atoms with Crippen molar-refractivity contribution in [2.75, 3.05) is 13.1 Å². The Hall–Kier alpha value is -1.62. The first kappa shape index (κ1) is 15.8. The van der Waals surface area contributed by atoms with E-state index in [1.165, 1.54) is 12.1 Å². The molecule has 1 fully saturated rings. The molecule has 1 aliphatic rings. The van der Waals surface area contributed by atoms with E-state index < -0.39 is 4.92 Å². The average Bonchev–Trinajstić information content (AvgIpc) is 2.92. The topological polar surface area (TPSA) is 63.5 Å². The Morgan fingerprint density at radius 3 is 2.62 bits per heavy atom. The predicted octanol–water partition coefficient (Wildman–Crippen LogP) is 3.90. The zero-order valence-electron chi connectivity index (χ0n) is 12.3. The molecule has 0 N–H and O–H groups in total. The van der Waals surface area contributed by atoms with Crippen LogP contribution < -0.4 is 0 Å². The van der Waals surface area contributed by atoms with Gasteiger partial charge < -0.3 is 4.90 Å². The molecular formula is C15H19ClN2O3. The van der Waals surface area contributed by atoms with Crippen molar-refractivity contribution in [1.82, 2.24) is 4.90 Å². The maximum absolute atomic E-state index is 12.5. The number of likely N-dealkylation sites (tertiary alicyclic amines) is 1. The highest BCUT2D eigenvalue weighted by atomic mass is 35.5. The molecule has 0 spiro atoms. The van der Waals surface area contributed by atoms with Crippen molar-refractivity contribution in [3.8, 4) is 0 Å². The van der Waals surface area contributed by atoms with E-state index in [0.29, 0.717) is 12.1 Å². The zero-order valence-corrected chi connectivity index (χ0v) is 13.0. The van der Waals surface area contributed by atoms with Gasteiger partial charge in [-0.1, -0.05) is 25.4 Å². The summed E-state index contributed by atoms with van der Waals surface area (Å²) in [6.07, 6.45) is 3.06. The van der Waals surface area contributed by atoms with Crippen LogP contribution in [0.4, 0.5) is 5.69 Å². The van der Waals surface area contributed by atoms with E-state index in [1.54, 1.807) is 11.0 Å². The minimum absolute atomic E-state index is 0.0504. The molecule has 1 aliphatic heterocycles. The first-order valence-electron chi connectivity index (χ1n) is 7.15. The number of benzene rings is 1. The van der Waals surface area contributed by atoms with Crippen molar-refractivity contribution in [3.05, 3.63) is 38.9 Å². The van der Waals surface area contributed by atoms with Gasteiger partial charge in [-0.3, -0.25) is 14.9 Å². The van der Waals surface area contributed by atoms with Crippen LogP contribution in [0, 0.1) is 15.5 Å². The lowest BCUT2D eigenvalue weighted by Gasteiger charge is -2.26. The first-order chi connectivity index (χ1) is 9.92. The number of halogens is 1. The summed E-state index contributed by atoms with van der Waals surface area (Å²) < 4.78 is 0. The van der Waals surface area contributed by atoms with E-state index in [2.05, 4.69) is 13.8 Å². The number of nitrogens with zero attached hydrogens (tertiary/aromatic N) is 2. The van der Waals surface area contributed by atoms with Crippen molar-refractivity contribution in [2.45, 2.75) is 33.1 Å². The summed E-state index contributed by atoms with van der Waals surface area (Å²) in [4.78, 5) is 24.7. The Morgan fingerprint density at radius 2 is 2.10 bits per heavy atom. The van der Waals surface area contributed by atoms with Gasteiger partial charge in [0.05, 0.1) is 4.92 Å². The van der Waals surface area contributed by atoms with Crippen molar-refractivity contribution in [1.29, 1.82) is 0 Å². The Balaban J connectivity index is 2.22. The average molecular weight is 311 g/mol. The third kappa shape index (κ3) is 3.02. The van der Waals surface area contributed by atoms with Gasteiger partial charge >= 0.3 is 0 Å². The van der Waals surface area contributed by atoms with Gasteiger partial charge in [0.15, 0.2) is 0 Å². The molecule has 1 saturated heterocycles. The molecule has 0 saturated carbocycles. The van der Waals surface area contributed by atoms with Gasteiger partial charge in [-0.25, -0.2) is 0 Å². The molecule has 0 radical (unpaired) electrons. The fourth-order valence-electron chi connectivity index (χ4n) is 2.90. The summed E-state index contributed by atoms with van der Waals surface area (Å²) in [5.41, 5.74) is 0.293. The van der Waals surface area contributed by atoms with Crippen molar-refractivity contribution >= 4 is 23.2 Å². The third-order valence-corrected chi connectivity index (χ3v) is 4.93. The van der Waals surface area contributed by atoms with Gasteiger partial charge in [0.1, 0.15) is 5.02 Å². The van der Waals surface area contributed by atoms with Crippen LogP contribution in [-0.4, -0.2) is 28.8 Å². The smallest absolute Gasteiger partial charge is 0.288 e. The largest absolute Gasteiger partial charge is 0.338 e. The van der Waals surface area contributed by atoms with E-state index in [1.807, 2.05) is 0 Å². The van der Waals surface area contributed by atoms with Crippen LogP contribution in [0.5, 0.6) is 0 Å². The molecular weight excluding hydrogens is 292 g/mol. The van der Waals surface area contributed by atoms with E-state index in [9.17, 15) is 14.9 Å². The summed E-state index contributed by atoms with van der Waals surface area (Å²) in [5, 5.41) is 11.0. The fraction of sp³-hybridized carbons (Fsp3) is 0.533. The van der Waals surface area contributed by atoms with E-state index in [-0.39, 0.29) is 22.0 Å². The molecule has 1 aromatic rings. The number of rotatable bonds is 4. The highest BCUT2D eigenvalue weighted by Gasteiger charge is 2.37. The number of nitro groups is 1. The summed E-state index contributed by atoms with van der Waals surface area (Å²) in [5.74, 6) is -0.154. The number of carbonyl (C=O) groups excluding carboxylic acids is 1. The van der Waals surface area contributed by atoms with E-state index >= 15 is 0 Å². The molecule has 0 bridgehead atoms. The molecule has 5 nitrogen and oxygen atoms in total. The second-order valence-corrected chi connectivity index (χ2v) is 6.01. The monoisotopic (exact) mass is 310 g/mol. The first-order valence-corrected chi connectivity index (χ1v) is 7.53. The van der Waals surface area contributed by atoms with Gasteiger partial charge in [0.25, 0.3) is 11.6 Å². The lowest BCUT2D eigenvalue weighted by atomic mass is 9.82. The summed E-state index contributed by atoms with van der Waals surface area (Å²) >= 11 is 5.78. The quantitative estimate of drug-likeness (QED) is 0.626. The minimum Gasteiger partial charge on any atom is -0.338 e. The molecule has 0 atom stereocenters. The number of hydrogen-bond donors (Lipinski definition) is 0. The number of amides is 1. The molecule has 0 aliphatic carbocycles. The summed E-state index contributed by atoms with van der Waals surface area (Å²) in [6.45, 7) is 5.71.